The Bertz CT molecular complexity index is 449. The Kier molecular flexibility index (Phi) is 7.42. The number of amides is 1. The predicted molar refractivity (Wildman–Crippen MR) is 76.9 cm³/mol. The van der Waals surface area contributed by atoms with Crippen LogP contribution < -0.4 is 5.32 Å². The molecular weight excluding hydrogens is 274 g/mol. The van der Waals surface area contributed by atoms with Gasteiger partial charge in [-0.05, 0) is 19.4 Å². The van der Waals surface area contributed by atoms with E-state index in [0.717, 1.165) is 0 Å². The summed E-state index contributed by atoms with van der Waals surface area (Å²) >= 11 is 0. The number of carboxylic acid groups (broad SMARTS) is 1. The van der Waals surface area contributed by atoms with E-state index in [-0.39, 0.29) is 6.61 Å². The van der Waals surface area contributed by atoms with Crippen molar-refractivity contribution in [2.24, 2.45) is 0 Å². The van der Waals surface area contributed by atoms with E-state index in [1.165, 1.54) is 0 Å². The van der Waals surface area contributed by atoms with Crippen LogP contribution in [0.5, 0.6) is 0 Å². The summed E-state index contributed by atoms with van der Waals surface area (Å²) in [5.74, 6) is -1.58. The molecule has 116 valence electrons. The highest BCUT2D eigenvalue weighted by atomic mass is 16.5. The highest BCUT2D eigenvalue weighted by Crippen LogP contribution is 2.13. The summed E-state index contributed by atoms with van der Waals surface area (Å²) in [6, 6.07) is 7.44. The summed E-state index contributed by atoms with van der Waals surface area (Å²) < 4.78 is 10.4. The number of ether oxygens (including phenoxy) is 2. The van der Waals surface area contributed by atoms with E-state index in [9.17, 15) is 14.7 Å². The standard InChI is InChI=1S/C15H21NO5/c1-3-20-9-10-21-11(2)14(17)16-13(15(18)19)12-7-5-4-6-8-12/h4-8,11,13H,3,9-10H2,1-2H3,(H,16,17)(H,18,19)/t11?,13-/m1/s1. The third-order valence-corrected chi connectivity index (χ3v) is 2.84. The van der Waals surface area contributed by atoms with E-state index in [1.807, 2.05) is 6.92 Å². The maximum Gasteiger partial charge on any atom is 0.330 e. The molecule has 6 heteroatoms. The van der Waals surface area contributed by atoms with Crippen LogP contribution >= 0.6 is 0 Å². The Morgan fingerprint density at radius 1 is 1.24 bits per heavy atom. The second-order valence-corrected chi connectivity index (χ2v) is 4.40. The van der Waals surface area contributed by atoms with Crippen molar-refractivity contribution in [1.82, 2.24) is 5.32 Å². The summed E-state index contributed by atoms with van der Waals surface area (Å²) in [6.07, 6.45) is -0.740. The number of benzene rings is 1. The minimum atomic E-state index is -1.11. The number of carboxylic acids is 1. The SMILES string of the molecule is CCOCCOC(C)C(=O)N[C@@H](C(=O)O)c1ccccc1. The molecule has 0 spiro atoms. The first-order valence-electron chi connectivity index (χ1n) is 6.83. The van der Waals surface area contributed by atoms with Crippen LogP contribution in [0.15, 0.2) is 30.3 Å². The van der Waals surface area contributed by atoms with Gasteiger partial charge < -0.3 is 19.9 Å². The monoisotopic (exact) mass is 295 g/mol. The third kappa shape index (κ3) is 5.93. The lowest BCUT2D eigenvalue weighted by atomic mass is 10.1. The number of hydrogen-bond donors (Lipinski definition) is 2. The summed E-state index contributed by atoms with van der Waals surface area (Å²) in [4.78, 5) is 23.2. The van der Waals surface area contributed by atoms with Gasteiger partial charge in [0.1, 0.15) is 6.10 Å². The van der Waals surface area contributed by atoms with Crippen LogP contribution in [0.1, 0.15) is 25.5 Å². The van der Waals surface area contributed by atoms with Gasteiger partial charge in [0.15, 0.2) is 6.04 Å². The Hall–Kier alpha value is -1.92. The molecule has 0 saturated heterocycles. The molecule has 1 amide bonds. The van der Waals surface area contributed by atoms with E-state index in [4.69, 9.17) is 9.47 Å². The molecule has 0 aliphatic rings. The summed E-state index contributed by atoms with van der Waals surface area (Å²) in [5, 5.41) is 11.7. The van der Waals surface area contributed by atoms with E-state index >= 15 is 0 Å². The largest absolute Gasteiger partial charge is 0.479 e. The predicted octanol–water partition coefficient (Wildman–Crippen LogP) is 1.37. The molecule has 1 aromatic rings. The molecule has 21 heavy (non-hydrogen) atoms. The van der Waals surface area contributed by atoms with Crippen molar-refractivity contribution in [2.45, 2.75) is 26.0 Å². The summed E-state index contributed by atoms with van der Waals surface area (Å²) in [7, 11) is 0. The molecule has 0 bridgehead atoms. The van der Waals surface area contributed by atoms with Gasteiger partial charge in [-0.15, -0.1) is 0 Å². The summed E-state index contributed by atoms with van der Waals surface area (Å²) in [5.41, 5.74) is 0.514. The van der Waals surface area contributed by atoms with Gasteiger partial charge in [0.25, 0.3) is 0 Å². The molecule has 0 heterocycles. The molecule has 6 nitrogen and oxygen atoms in total. The van der Waals surface area contributed by atoms with E-state index < -0.39 is 24.0 Å². The molecule has 0 fully saturated rings. The van der Waals surface area contributed by atoms with Gasteiger partial charge in [0, 0.05) is 6.61 Å². The average Bonchev–Trinajstić information content (AvgIpc) is 2.49. The molecule has 1 aromatic carbocycles. The minimum Gasteiger partial charge on any atom is -0.479 e. The van der Waals surface area contributed by atoms with Crippen LogP contribution in [0.25, 0.3) is 0 Å². The van der Waals surface area contributed by atoms with Crippen LogP contribution in [0.2, 0.25) is 0 Å². The molecule has 1 unspecified atom stereocenters. The van der Waals surface area contributed by atoms with Gasteiger partial charge in [0.2, 0.25) is 5.91 Å². The van der Waals surface area contributed by atoms with Gasteiger partial charge in [-0.2, -0.15) is 0 Å². The molecule has 2 atom stereocenters. The first-order valence-corrected chi connectivity index (χ1v) is 6.83. The highest BCUT2D eigenvalue weighted by molar-refractivity contribution is 5.86. The lowest BCUT2D eigenvalue weighted by Crippen LogP contribution is -2.40. The fraction of sp³-hybridized carbons (Fsp3) is 0.467. The van der Waals surface area contributed by atoms with Gasteiger partial charge in [0.05, 0.1) is 13.2 Å². The normalized spacial score (nSPS) is 13.4. The maximum atomic E-state index is 12.0. The molecular formula is C15H21NO5. The Morgan fingerprint density at radius 3 is 2.48 bits per heavy atom. The van der Waals surface area contributed by atoms with Crippen LogP contribution in [0, 0.1) is 0 Å². The number of carbonyl (C=O) groups is 2. The smallest absolute Gasteiger partial charge is 0.330 e. The van der Waals surface area contributed by atoms with E-state index in [2.05, 4.69) is 5.32 Å². The van der Waals surface area contributed by atoms with Crippen LogP contribution in [0.3, 0.4) is 0 Å². The quantitative estimate of drug-likeness (QED) is 0.672. The zero-order valence-corrected chi connectivity index (χ0v) is 12.2. The van der Waals surface area contributed by atoms with Gasteiger partial charge in [-0.1, -0.05) is 30.3 Å². The third-order valence-electron chi connectivity index (χ3n) is 2.84. The van der Waals surface area contributed by atoms with Crippen molar-refractivity contribution in [3.05, 3.63) is 35.9 Å². The molecule has 2 N–H and O–H groups in total. The Balaban J connectivity index is 2.55. The minimum absolute atomic E-state index is 0.283. The lowest BCUT2D eigenvalue weighted by Gasteiger charge is -2.18. The van der Waals surface area contributed by atoms with Crippen molar-refractivity contribution < 1.29 is 24.2 Å². The van der Waals surface area contributed by atoms with Crippen molar-refractivity contribution in [1.29, 1.82) is 0 Å². The second-order valence-electron chi connectivity index (χ2n) is 4.40. The van der Waals surface area contributed by atoms with E-state index in [1.54, 1.807) is 37.3 Å². The van der Waals surface area contributed by atoms with Gasteiger partial charge in [-0.3, -0.25) is 4.79 Å². The zero-order valence-electron chi connectivity index (χ0n) is 12.2. The number of aliphatic carboxylic acids is 1. The first kappa shape index (κ1) is 17.1. The topological polar surface area (TPSA) is 84.9 Å². The lowest BCUT2D eigenvalue weighted by molar-refractivity contribution is -0.144. The maximum absolute atomic E-state index is 12.0. The van der Waals surface area contributed by atoms with Gasteiger partial charge >= 0.3 is 5.97 Å². The number of hydrogen-bond acceptors (Lipinski definition) is 4. The Labute approximate surface area is 124 Å². The zero-order chi connectivity index (χ0) is 15.7. The second kappa shape index (κ2) is 9.10. The number of nitrogens with one attached hydrogen (secondary N) is 1. The molecule has 0 radical (unpaired) electrons. The van der Waals surface area contributed by atoms with Crippen molar-refractivity contribution in [3.63, 3.8) is 0 Å². The van der Waals surface area contributed by atoms with E-state index in [0.29, 0.717) is 18.8 Å². The molecule has 1 rings (SSSR count). The molecule has 0 aromatic heterocycles. The van der Waals surface area contributed by atoms with Crippen molar-refractivity contribution in [2.75, 3.05) is 19.8 Å². The molecule has 0 saturated carbocycles. The number of rotatable bonds is 9. The first-order chi connectivity index (χ1) is 10.1. The summed E-state index contributed by atoms with van der Waals surface area (Å²) in [6.45, 7) is 4.71. The van der Waals surface area contributed by atoms with Crippen molar-refractivity contribution >= 4 is 11.9 Å². The molecule has 0 aliphatic heterocycles. The van der Waals surface area contributed by atoms with Crippen molar-refractivity contribution in [3.8, 4) is 0 Å². The van der Waals surface area contributed by atoms with Crippen LogP contribution in [-0.2, 0) is 19.1 Å². The molecule has 0 aliphatic carbocycles. The fourth-order valence-corrected chi connectivity index (χ4v) is 1.70. The van der Waals surface area contributed by atoms with Gasteiger partial charge in [-0.25, -0.2) is 4.79 Å². The fourth-order valence-electron chi connectivity index (χ4n) is 1.70. The number of carbonyl (C=O) groups excluding carboxylic acids is 1. The highest BCUT2D eigenvalue weighted by Gasteiger charge is 2.24. The Morgan fingerprint density at radius 2 is 1.90 bits per heavy atom. The average molecular weight is 295 g/mol. The van der Waals surface area contributed by atoms with Crippen LogP contribution in [0.4, 0.5) is 0 Å². The van der Waals surface area contributed by atoms with Crippen LogP contribution in [-0.4, -0.2) is 42.9 Å².